The van der Waals surface area contributed by atoms with Crippen molar-refractivity contribution in [2.45, 2.75) is 85.7 Å². The number of alkyl halides is 3. The van der Waals surface area contributed by atoms with Gasteiger partial charge in [-0.15, -0.1) is 0 Å². The van der Waals surface area contributed by atoms with E-state index in [1.807, 2.05) is 20.8 Å². The first-order valence-corrected chi connectivity index (χ1v) is 10.5. The van der Waals surface area contributed by atoms with E-state index in [9.17, 15) is 23.1 Å². The number of rotatable bonds is 1. The van der Waals surface area contributed by atoms with Gasteiger partial charge in [-0.05, 0) is 55.9 Å². The number of cyclic esters (lactones) is 1. The highest BCUT2D eigenvalue weighted by Gasteiger charge is 2.84. The zero-order chi connectivity index (χ0) is 22.6. The molecule has 4 rings (SSSR count). The van der Waals surface area contributed by atoms with Crippen molar-refractivity contribution in [1.29, 1.82) is 0 Å². The molecule has 168 valence electrons. The number of carbonyl (C=O) groups excluding carboxylic acids is 1. The van der Waals surface area contributed by atoms with Crippen LogP contribution in [0.25, 0.3) is 0 Å². The third-order valence-electron chi connectivity index (χ3n) is 7.99. The van der Waals surface area contributed by atoms with E-state index in [1.54, 1.807) is 13.8 Å². The van der Waals surface area contributed by atoms with Crippen LogP contribution in [0.1, 0.15) is 62.3 Å². The minimum atomic E-state index is -4.97. The second-order valence-corrected chi connectivity index (χ2v) is 12.2. The van der Waals surface area contributed by atoms with Crippen LogP contribution in [0.3, 0.4) is 0 Å². The summed E-state index contributed by atoms with van der Waals surface area (Å²) in [7, 11) is 0. The summed E-state index contributed by atoms with van der Waals surface area (Å²) in [6.07, 6.45) is -4.97. The molecular weight excluding hydrogens is 383 g/mol. The highest BCUT2D eigenvalue weighted by Crippen LogP contribution is 2.71. The largest absolute Gasteiger partial charge is 0.459 e. The lowest BCUT2D eigenvalue weighted by Crippen LogP contribution is -2.81. The summed E-state index contributed by atoms with van der Waals surface area (Å²) in [5.74, 6) is -2.08. The molecule has 0 aromatic heterocycles. The maximum absolute atomic E-state index is 14.3. The summed E-state index contributed by atoms with van der Waals surface area (Å²) < 4.78 is 48.5. The Labute approximate surface area is 172 Å². The van der Waals surface area contributed by atoms with Crippen molar-refractivity contribution in [2.75, 3.05) is 6.54 Å². The molecule has 1 saturated carbocycles. The zero-order valence-corrected chi connectivity index (χ0v) is 19.0. The number of fused-ring (bicyclic) bond motifs is 2. The summed E-state index contributed by atoms with van der Waals surface area (Å²) in [4.78, 5) is 13.3. The SMILES string of the molecule is CC(C)(C)C1C2CNC(C1C(C)(C)C)C1(C(C)(O)C(F)(F)F)C(=O)OC(C)(C)C21. The molecule has 7 heteroatoms. The van der Waals surface area contributed by atoms with E-state index >= 15 is 0 Å². The molecule has 4 aliphatic rings. The van der Waals surface area contributed by atoms with Crippen LogP contribution >= 0.6 is 0 Å². The molecule has 7 atom stereocenters. The lowest BCUT2D eigenvalue weighted by molar-refractivity contribution is -0.325. The number of halogens is 3. The first kappa shape index (κ1) is 22.9. The smallest absolute Gasteiger partial charge is 0.418 e. The minimum Gasteiger partial charge on any atom is -0.459 e. The van der Waals surface area contributed by atoms with Crippen molar-refractivity contribution in [1.82, 2.24) is 5.32 Å². The van der Waals surface area contributed by atoms with Gasteiger partial charge in [0.25, 0.3) is 0 Å². The predicted octanol–water partition coefficient (Wildman–Crippen LogP) is 4.16. The van der Waals surface area contributed by atoms with Crippen LogP contribution in [-0.2, 0) is 9.53 Å². The molecule has 0 aromatic carbocycles. The summed E-state index contributed by atoms with van der Waals surface area (Å²) in [6.45, 7) is 17.0. The predicted molar refractivity (Wildman–Crippen MR) is 104 cm³/mol. The molecule has 2 bridgehead atoms. The van der Waals surface area contributed by atoms with E-state index in [0.717, 1.165) is 6.92 Å². The van der Waals surface area contributed by atoms with Crippen LogP contribution in [-0.4, -0.2) is 41.0 Å². The molecule has 4 fully saturated rings. The third-order valence-corrected chi connectivity index (χ3v) is 7.99. The van der Waals surface area contributed by atoms with Crippen molar-refractivity contribution in [3.05, 3.63) is 0 Å². The number of carbonyl (C=O) groups is 1. The Kier molecular flexibility index (Phi) is 4.65. The van der Waals surface area contributed by atoms with Gasteiger partial charge >= 0.3 is 12.1 Å². The summed E-state index contributed by atoms with van der Waals surface area (Å²) in [6, 6.07) is -0.840. The van der Waals surface area contributed by atoms with Crippen LogP contribution < -0.4 is 5.32 Å². The van der Waals surface area contributed by atoms with Crippen molar-refractivity contribution < 1.29 is 27.8 Å². The molecule has 7 unspecified atom stereocenters. The zero-order valence-electron chi connectivity index (χ0n) is 19.0. The van der Waals surface area contributed by atoms with Gasteiger partial charge in [0.2, 0.25) is 0 Å². The van der Waals surface area contributed by atoms with Crippen LogP contribution in [0.4, 0.5) is 13.2 Å². The number of aliphatic hydroxyl groups is 1. The molecule has 0 aromatic rings. The molecule has 1 aliphatic carbocycles. The number of hydrogen-bond acceptors (Lipinski definition) is 4. The number of nitrogens with one attached hydrogen (secondary N) is 1. The van der Waals surface area contributed by atoms with Gasteiger partial charge in [0.1, 0.15) is 11.0 Å². The van der Waals surface area contributed by atoms with Gasteiger partial charge in [-0.3, -0.25) is 4.79 Å². The normalized spacial score (nSPS) is 41.7. The highest BCUT2D eigenvalue weighted by molar-refractivity contribution is 5.84. The lowest BCUT2D eigenvalue weighted by Gasteiger charge is -2.68. The van der Waals surface area contributed by atoms with E-state index in [1.165, 1.54) is 0 Å². The summed E-state index contributed by atoms with van der Waals surface area (Å²) >= 11 is 0. The Bertz CT molecular complexity index is 702. The Morgan fingerprint density at radius 1 is 1.00 bits per heavy atom. The molecule has 0 spiro atoms. The van der Waals surface area contributed by atoms with Crippen LogP contribution in [0.2, 0.25) is 0 Å². The molecule has 2 N–H and O–H groups in total. The fraction of sp³-hybridized carbons (Fsp3) is 0.955. The van der Waals surface area contributed by atoms with Crippen LogP contribution in [0.5, 0.6) is 0 Å². The third kappa shape index (κ3) is 2.75. The van der Waals surface area contributed by atoms with Crippen molar-refractivity contribution in [3.8, 4) is 0 Å². The van der Waals surface area contributed by atoms with E-state index in [4.69, 9.17) is 4.74 Å². The molecule has 29 heavy (non-hydrogen) atoms. The van der Waals surface area contributed by atoms with Crippen molar-refractivity contribution in [3.63, 3.8) is 0 Å². The summed E-state index contributed by atoms with van der Waals surface area (Å²) in [5.41, 5.74) is -6.94. The number of hydrogen-bond donors (Lipinski definition) is 2. The number of ether oxygens (including phenoxy) is 1. The lowest BCUT2D eigenvalue weighted by atomic mass is 9.38. The van der Waals surface area contributed by atoms with Crippen LogP contribution in [0.15, 0.2) is 0 Å². The van der Waals surface area contributed by atoms with E-state index in [-0.39, 0.29) is 28.6 Å². The summed E-state index contributed by atoms with van der Waals surface area (Å²) in [5, 5.41) is 14.3. The number of piperidine rings is 2. The molecule has 0 radical (unpaired) electrons. The van der Waals surface area contributed by atoms with E-state index < -0.39 is 40.7 Å². The minimum absolute atomic E-state index is 0.0738. The van der Waals surface area contributed by atoms with Gasteiger partial charge in [-0.2, -0.15) is 13.2 Å². The quantitative estimate of drug-likeness (QED) is 0.627. The first-order valence-electron chi connectivity index (χ1n) is 10.5. The average molecular weight is 420 g/mol. The first-order chi connectivity index (χ1) is 12.7. The van der Waals surface area contributed by atoms with E-state index in [2.05, 4.69) is 26.1 Å². The van der Waals surface area contributed by atoms with Crippen molar-refractivity contribution in [2.24, 2.45) is 39.9 Å². The highest BCUT2D eigenvalue weighted by atomic mass is 19.4. The van der Waals surface area contributed by atoms with Gasteiger partial charge < -0.3 is 15.2 Å². The van der Waals surface area contributed by atoms with Gasteiger partial charge in [-0.1, -0.05) is 41.5 Å². The second-order valence-electron chi connectivity index (χ2n) is 12.2. The second kappa shape index (κ2) is 5.90. The Hall–Kier alpha value is -0.820. The maximum atomic E-state index is 14.3. The fourth-order valence-electron chi connectivity index (χ4n) is 7.25. The van der Waals surface area contributed by atoms with Gasteiger partial charge in [0, 0.05) is 12.0 Å². The Balaban J connectivity index is 2.37. The molecular formula is C22H36F3NO3. The standard InChI is InChI=1S/C22H36F3NO3/c1-17(2,3)12-11-10-26-15(13(12)18(4,5)6)21(20(9,28)22(23,24)25)14(11)19(7,8)29-16(21)27/h11-15,26,28H,10H2,1-9H3. The number of esters is 1. The van der Waals surface area contributed by atoms with Gasteiger partial charge in [-0.25, -0.2) is 0 Å². The maximum Gasteiger partial charge on any atom is 0.418 e. The Morgan fingerprint density at radius 3 is 1.90 bits per heavy atom. The fourth-order valence-corrected chi connectivity index (χ4v) is 7.25. The monoisotopic (exact) mass is 419 g/mol. The molecule has 3 aliphatic heterocycles. The van der Waals surface area contributed by atoms with Crippen LogP contribution in [0, 0.1) is 39.9 Å². The van der Waals surface area contributed by atoms with Crippen molar-refractivity contribution >= 4 is 5.97 Å². The molecule has 0 amide bonds. The average Bonchev–Trinajstić information content (AvgIpc) is 2.73. The topological polar surface area (TPSA) is 58.6 Å². The van der Waals surface area contributed by atoms with E-state index in [0.29, 0.717) is 6.54 Å². The molecule has 3 heterocycles. The van der Waals surface area contributed by atoms with Gasteiger partial charge in [0.15, 0.2) is 5.60 Å². The Morgan fingerprint density at radius 2 is 1.48 bits per heavy atom. The molecule has 4 nitrogen and oxygen atoms in total. The van der Waals surface area contributed by atoms with Gasteiger partial charge in [0.05, 0.1) is 0 Å². The molecule has 3 saturated heterocycles.